The molecule has 0 bridgehead atoms. The highest BCUT2D eigenvalue weighted by atomic mass is 16.6. The van der Waals surface area contributed by atoms with Gasteiger partial charge in [-0.1, -0.05) is 12.1 Å². The average molecular weight is 344 g/mol. The Kier molecular flexibility index (Phi) is 4.73. The Hall–Kier alpha value is -3.23. The molecule has 1 unspecified atom stereocenters. The van der Waals surface area contributed by atoms with Crippen LogP contribution in [0.4, 0.5) is 5.69 Å². The molecule has 0 saturated carbocycles. The van der Waals surface area contributed by atoms with Gasteiger partial charge in [0.2, 0.25) is 0 Å². The van der Waals surface area contributed by atoms with Gasteiger partial charge in [0.1, 0.15) is 11.7 Å². The minimum atomic E-state index is -0.554. The summed E-state index contributed by atoms with van der Waals surface area (Å²) in [4.78, 5) is 32.8. The van der Waals surface area contributed by atoms with Gasteiger partial charge in [0, 0.05) is 31.4 Å². The summed E-state index contributed by atoms with van der Waals surface area (Å²) in [5, 5.41) is 11.1. The van der Waals surface area contributed by atoms with E-state index in [2.05, 4.69) is 9.97 Å². The number of hydrogen-bond donors (Lipinski definition) is 0. The van der Waals surface area contributed by atoms with Crippen molar-refractivity contribution in [3.63, 3.8) is 0 Å². The van der Waals surface area contributed by atoms with Crippen LogP contribution in [0.2, 0.25) is 0 Å². The van der Waals surface area contributed by atoms with Crippen LogP contribution in [0.15, 0.2) is 36.7 Å². The van der Waals surface area contributed by atoms with Crippen LogP contribution in [0.1, 0.15) is 16.8 Å². The molecular weight excluding hydrogens is 328 g/mol. The number of nitro groups is 1. The first-order valence-corrected chi connectivity index (χ1v) is 7.64. The lowest BCUT2D eigenvalue weighted by Gasteiger charge is -2.17. The Morgan fingerprint density at radius 2 is 2.00 bits per heavy atom. The second-order valence-corrected chi connectivity index (χ2v) is 5.42. The van der Waals surface area contributed by atoms with E-state index < -0.39 is 4.92 Å². The van der Waals surface area contributed by atoms with Crippen molar-refractivity contribution in [2.24, 2.45) is 0 Å². The molecule has 1 aromatic carbocycles. The number of carbonyl (C=O) groups is 1. The van der Waals surface area contributed by atoms with E-state index in [4.69, 9.17) is 9.47 Å². The highest BCUT2D eigenvalue weighted by molar-refractivity contribution is 5.98. The molecule has 1 fully saturated rings. The highest BCUT2D eigenvalue weighted by Crippen LogP contribution is 2.26. The first kappa shape index (κ1) is 16.6. The third kappa shape index (κ3) is 3.49. The molecule has 9 heteroatoms. The van der Waals surface area contributed by atoms with Gasteiger partial charge >= 0.3 is 0 Å². The van der Waals surface area contributed by atoms with Crippen LogP contribution in [-0.2, 0) is 0 Å². The zero-order chi connectivity index (χ0) is 17.8. The molecule has 3 rings (SSSR count). The van der Waals surface area contributed by atoms with Crippen LogP contribution < -0.4 is 9.47 Å². The van der Waals surface area contributed by atoms with Gasteiger partial charge in [-0.05, 0) is 6.07 Å². The lowest BCUT2D eigenvalue weighted by Crippen LogP contribution is -2.31. The van der Waals surface area contributed by atoms with Crippen molar-refractivity contribution in [1.29, 1.82) is 0 Å². The van der Waals surface area contributed by atoms with Crippen LogP contribution in [0, 0.1) is 10.1 Å². The number of methoxy groups -OCH3 is 1. The smallest absolute Gasteiger partial charge is 0.282 e. The molecule has 1 aliphatic rings. The van der Waals surface area contributed by atoms with Crippen LogP contribution in [-0.4, -0.2) is 52.0 Å². The summed E-state index contributed by atoms with van der Waals surface area (Å²) >= 11 is 0. The second-order valence-electron chi connectivity index (χ2n) is 5.42. The van der Waals surface area contributed by atoms with Crippen molar-refractivity contribution >= 4 is 11.6 Å². The SMILES string of the molecule is COc1nccnc1OC1CCN(C(=O)c2ccccc2[N+](=O)[O-])C1. The summed E-state index contributed by atoms with van der Waals surface area (Å²) in [5.41, 5.74) is -0.127. The van der Waals surface area contributed by atoms with Crippen molar-refractivity contribution in [1.82, 2.24) is 14.9 Å². The third-order valence-electron chi connectivity index (χ3n) is 3.87. The van der Waals surface area contributed by atoms with Crippen LogP contribution in [0.3, 0.4) is 0 Å². The third-order valence-corrected chi connectivity index (χ3v) is 3.87. The summed E-state index contributed by atoms with van der Waals surface area (Å²) in [5.74, 6) is 0.144. The van der Waals surface area contributed by atoms with Crippen LogP contribution >= 0.6 is 0 Å². The number of carbonyl (C=O) groups excluding carboxylic acids is 1. The Bertz CT molecular complexity index is 798. The van der Waals surface area contributed by atoms with E-state index in [1.54, 1.807) is 6.07 Å². The lowest BCUT2D eigenvalue weighted by molar-refractivity contribution is -0.385. The van der Waals surface area contributed by atoms with E-state index in [9.17, 15) is 14.9 Å². The largest absolute Gasteiger partial charge is 0.477 e. The van der Waals surface area contributed by atoms with Crippen molar-refractivity contribution < 1.29 is 19.2 Å². The summed E-state index contributed by atoms with van der Waals surface area (Å²) in [6, 6.07) is 5.92. The number of nitro benzene ring substituents is 1. The maximum absolute atomic E-state index is 12.6. The number of hydrogen-bond acceptors (Lipinski definition) is 7. The molecule has 2 heterocycles. The van der Waals surface area contributed by atoms with E-state index in [1.165, 1.54) is 42.6 Å². The topological polar surface area (TPSA) is 108 Å². The van der Waals surface area contributed by atoms with E-state index in [-0.39, 0.29) is 35.0 Å². The molecule has 0 radical (unpaired) electrons. The predicted octanol–water partition coefficient (Wildman–Crippen LogP) is 1.69. The van der Waals surface area contributed by atoms with Gasteiger partial charge in [-0.25, -0.2) is 9.97 Å². The molecule has 1 saturated heterocycles. The lowest BCUT2D eigenvalue weighted by atomic mass is 10.1. The number of likely N-dealkylation sites (tertiary alicyclic amines) is 1. The quantitative estimate of drug-likeness (QED) is 0.600. The number of aromatic nitrogens is 2. The normalized spacial score (nSPS) is 16.5. The molecule has 2 aromatic rings. The fourth-order valence-electron chi connectivity index (χ4n) is 2.68. The van der Waals surface area contributed by atoms with E-state index in [0.717, 1.165) is 0 Å². The summed E-state index contributed by atoms with van der Waals surface area (Å²) in [6.45, 7) is 0.753. The van der Waals surface area contributed by atoms with Gasteiger partial charge < -0.3 is 14.4 Å². The maximum Gasteiger partial charge on any atom is 0.282 e. The Labute approximate surface area is 143 Å². The van der Waals surface area contributed by atoms with Crippen molar-refractivity contribution in [3.8, 4) is 11.8 Å². The zero-order valence-corrected chi connectivity index (χ0v) is 13.5. The van der Waals surface area contributed by atoms with Gasteiger partial charge in [-0.2, -0.15) is 0 Å². The van der Waals surface area contributed by atoms with E-state index in [1.807, 2.05) is 0 Å². The van der Waals surface area contributed by atoms with Gasteiger partial charge in [-0.15, -0.1) is 0 Å². The first-order chi connectivity index (χ1) is 12.1. The van der Waals surface area contributed by atoms with E-state index >= 15 is 0 Å². The molecule has 0 N–H and O–H groups in total. The Morgan fingerprint density at radius 1 is 1.28 bits per heavy atom. The zero-order valence-electron chi connectivity index (χ0n) is 13.5. The molecule has 25 heavy (non-hydrogen) atoms. The standard InChI is InChI=1S/C16H16N4O5/c1-24-14-15(18-8-7-17-14)25-11-6-9-19(10-11)16(21)12-4-2-3-5-13(12)20(22)23/h2-5,7-8,11H,6,9-10H2,1H3. The van der Waals surface area contributed by atoms with Crippen molar-refractivity contribution in [2.75, 3.05) is 20.2 Å². The molecule has 1 aromatic heterocycles. The van der Waals surface area contributed by atoms with Crippen molar-refractivity contribution in [3.05, 3.63) is 52.3 Å². The number of benzene rings is 1. The van der Waals surface area contributed by atoms with Crippen LogP contribution in [0.5, 0.6) is 11.8 Å². The highest BCUT2D eigenvalue weighted by Gasteiger charge is 2.32. The fourth-order valence-corrected chi connectivity index (χ4v) is 2.68. The number of ether oxygens (including phenoxy) is 2. The average Bonchev–Trinajstić information content (AvgIpc) is 3.10. The van der Waals surface area contributed by atoms with Gasteiger partial charge in [0.05, 0.1) is 18.6 Å². The van der Waals surface area contributed by atoms with Crippen LogP contribution in [0.25, 0.3) is 0 Å². The molecule has 1 amide bonds. The minimum absolute atomic E-state index is 0.0743. The molecule has 9 nitrogen and oxygen atoms in total. The molecule has 1 atom stereocenters. The van der Waals surface area contributed by atoms with Gasteiger partial charge in [0.25, 0.3) is 23.4 Å². The maximum atomic E-state index is 12.6. The number of rotatable bonds is 5. The number of nitrogens with zero attached hydrogens (tertiary/aromatic N) is 4. The first-order valence-electron chi connectivity index (χ1n) is 7.64. The van der Waals surface area contributed by atoms with Gasteiger partial charge in [-0.3, -0.25) is 14.9 Å². The molecule has 0 spiro atoms. The second kappa shape index (κ2) is 7.12. The fraction of sp³-hybridized carbons (Fsp3) is 0.312. The summed E-state index contributed by atoms with van der Waals surface area (Å²) in [7, 11) is 1.47. The molecule has 1 aliphatic heterocycles. The summed E-state index contributed by atoms with van der Waals surface area (Å²) in [6.07, 6.45) is 3.29. The molecular formula is C16H16N4O5. The number of para-hydroxylation sites is 1. The van der Waals surface area contributed by atoms with Gasteiger partial charge in [0.15, 0.2) is 0 Å². The number of amides is 1. The predicted molar refractivity (Wildman–Crippen MR) is 86.6 cm³/mol. The Balaban J connectivity index is 1.71. The Morgan fingerprint density at radius 3 is 2.72 bits per heavy atom. The minimum Gasteiger partial charge on any atom is -0.477 e. The van der Waals surface area contributed by atoms with Crippen molar-refractivity contribution in [2.45, 2.75) is 12.5 Å². The molecule has 130 valence electrons. The summed E-state index contributed by atoms with van der Waals surface area (Å²) < 4.78 is 10.9. The monoisotopic (exact) mass is 344 g/mol. The van der Waals surface area contributed by atoms with E-state index in [0.29, 0.717) is 19.5 Å². The molecule has 0 aliphatic carbocycles.